The zero-order chi connectivity index (χ0) is 25.1. The molecule has 3 N–H and O–H groups in total. The van der Waals surface area contributed by atoms with Crippen molar-refractivity contribution in [2.45, 2.75) is 87.5 Å². The molecule has 1 saturated heterocycles. The first-order chi connectivity index (χ1) is 17.4. The van der Waals surface area contributed by atoms with Gasteiger partial charge >= 0.3 is 5.97 Å². The quantitative estimate of drug-likeness (QED) is 0.288. The van der Waals surface area contributed by atoms with Gasteiger partial charge in [-0.25, -0.2) is 4.79 Å². The molecule has 2 bridgehead atoms. The van der Waals surface area contributed by atoms with Gasteiger partial charge in [-0.1, -0.05) is 19.4 Å². The highest BCUT2D eigenvalue weighted by molar-refractivity contribution is 5.94. The maximum Gasteiger partial charge on any atom is 0.330 e. The lowest BCUT2D eigenvalue weighted by Gasteiger charge is -2.64. The summed E-state index contributed by atoms with van der Waals surface area (Å²) in [5.74, 6) is 0.343. The highest BCUT2D eigenvalue weighted by Crippen LogP contribution is 2.65. The van der Waals surface area contributed by atoms with Gasteiger partial charge in [-0.05, 0) is 69.0 Å². The van der Waals surface area contributed by atoms with E-state index in [1.165, 1.54) is 18.9 Å². The number of nitrogens with one attached hydrogen (secondary N) is 1. The number of hydrogen-bond acceptors (Lipinski definition) is 7. The molecule has 1 aromatic rings. The van der Waals surface area contributed by atoms with Gasteiger partial charge < -0.3 is 25.0 Å². The number of esters is 1. The number of aliphatic hydroxyl groups is 1. The van der Waals surface area contributed by atoms with Gasteiger partial charge in [0.05, 0.1) is 23.7 Å². The van der Waals surface area contributed by atoms with Gasteiger partial charge in [-0.2, -0.15) is 0 Å². The number of phenolic OH excluding ortho intramolecular Hbond substituents is 1. The Morgan fingerprint density at radius 3 is 2.86 bits per heavy atom. The standard InChI is InChI=1S/C28H36N2O6/c1-2-3-14-35-23(33)9-8-22(32)29-19-10-11-28(34)21-15-18-6-7-20(31)25-24(18)27(28,26(19)36-25)12-13-30(21)16-17-4-5-17/h6-9,17,19,21,26,31,34H,2-5,10-16H2,1H3,(H,29,32)/b9-8+/t19-,21?,26?,27?,28-/m1/s1. The van der Waals surface area contributed by atoms with Crippen LogP contribution in [-0.4, -0.2) is 70.5 Å². The predicted molar refractivity (Wildman–Crippen MR) is 132 cm³/mol. The highest BCUT2D eigenvalue weighted by atomic mass is 16.5. The third kappa shape index (κ3) is 3.56. The summed E-state index contributed by atoms with van der Waals surface area (Å²) in [5.41, 5.74) is 0.392. The van der Waals surface area contributed by atoms with E-state index in [9.17, 15) is 19.8 Å². The number of carbonyl (C=O) groups excluding carboxylic acids is 2. The molecule has 2 heterocycles. The smallest absolute Gasteiger partial charge is 0.330 e. The summed E-state index contributed by atoms with van der Waals surface area (Å²) in [7, 11) is 0. The van der Waals surface area contributed by atoms with E-state index in [2.05, 4.69) is 10.2 Å². The first-order valence-electron chi connectivity index (χ1n) is 13.5. The maximum absolute atomic E-state index is 12.8. The van der Waals surface area contributed by atoms with Crippen molar-refractivity contribution in [3.63, 3.8) is 0 Å². The number of piperidine rings is 1. The molecule has 5 aliphatic rings. The van der Waals surface area contributed by atoms with Gasteiger partial charge in [-0.3, -0.25) is 9.69 Å². The number of carbonyl (C=O) groups is 2. The third-order valence-electron chi connectivity index (χ3n) is 9.20. The predicted octanol–water partition coefficient (Wildman–Crippen LogP) is 2.34. The monoisotopic (exact) mass is 496 g/mol. The van der Waals surface area contributed by atoms with Gasteiger partial charge in [0.2, 0.25) is 5.91 Å². The number of nitrogens with zero attached hydrogens (tertiary/aromatic N) is 1. The fourth-order valence-electron chi connectivity index (χ4n) is 7.37. The number of rotatable bonds is 8. The Labute approximate surface area is 211 Å². The van der Waals surface area contributed by atoms with E-state index in [-0.39, 0.29) is 17.8 Å². The summed E-state index contributed by atoms with van der Waals surface area (Å²) >= 11 is 0. The van der Waals surface area contributed by atoms with Crippen LogP contribution in [0, 0.1) is 5.92 Å². The molecule has 5 atom stereocenters. The summed E-state index contributed by atoms with van der Waals surface area (Å²) in [6.45, 7) is 4.24. The number of amides is 1. The van der Waals surface area contributed by atoms with Crippen molar-refractivity contribution in [3.8, 4) is 11.5 Å². The summed E-state index contributed by atoms with van der Waals surface area (Å²) in [6, 6.07) is 3.31. The summed E-state index contributed by atoms with van der Waals surface area (Å²) in [5, 5.41) is 26.2. The zero-order valence-corrected chi connectivity index (χ0v) is 20.9. The molecule has 1 spiro atoms. The van der Waals surface area contributed by atoms with Gasteiger partial charge in [0.15, 0.2) is 11.5 Å². The number of ether oxygens (including phenoxy) is 2. The Morgan fingerprint density at radius 2 is 2.08 bits per heavy atom. The molecule has 194 valence electrons. The normalized spacial score (nSPS) is 34.2. The maximum atomic E-state index is 12.8. The van der Waals surface area contributed by atoms with Crippen LogP contribution in [0.3, 0.4) is 0 Å². The second-order valence-corrected chi connectivity index (χ2v) is 11.3. The number of phenols is 1. The first-order valence-corrected chi connectivity index (χ1v) is 13.5. The molecular formula is C28H36N2O6. The van der Waals surface area contributed by atoms with Gasteiger partial charge in [0.1, 0.15) is 6.10 Å². The van der Waals surface area contributed by atoms with Crippen molar-refractivity contribution in [2.24, 2.45) is 5.92 Å². The Balaban J connectivity index is 1.27. The topological polar surface area (TPSA) is 108 Å². The van der Waals surface area contributed by atoms with Crippen molar-refractivity contribution in [1.29, 1.82) is 0 Å². The summed E-state index contributed by atoms with van der Waals surface area (Å²) in [4.78, 5) is 27.2. The SMILES string of the molecule is CCCCOC(=O)/C=C/C(=O)N[C@@H]1CC[C@@]2(O)C3Cc4ccc(O)c5c4C2(CCN3CC2CC2)C1O5. The lowest BCUT2D eigenvalue weighted by Crippen LogP contribution is -2.78. The van der Waals surface area contributed by atoms with Crippen LogP contribution in [0.4, 0.5) is 0 Å². The van der Waals surface area contributed by atoms with E-state index >= 15 is 0 Å². The molecule has 3 fully saturated rings. The minimum Gasteiger partial charge on any atom is -0.504 e. The molecule has 1 amide bonds. The molecular weight excluding hydrogens is 460 g/mol. The average Bonchev–Trinajstić information content (AvgIpc) is 3.60. The average molecular weight is 497 g/mol. The summed E-state index contributed by atoms with van der Waals surface area (Å²) in [6.07, 6.45) is 8.67. The second-order valence-electron chi connectivity index (χ2n) is 11.3. The molecule has 36 heavy (non-hydrogen) atoms. The van der Waals surface area contributed by atoms with E-state index in [1.807, 2.05) is 13.0 Å². The van der Waals surface area contributed by atoms with E-state index < -0.39 is 29.0 Å². The zero-order valence-electron chi connectivity index (χ0n) is 20.9. The molecule has 0 aromatic heterocycles. The Kier molecular flexibility index (Phi) is 5.80. The number of hydrogen-bond donors (Lipinski definition) is 3. The molecule has 2 aliphatic heterocycles. The van der Waals surface area contributed by atoms with Crippen LogP contribution < -0.4 is 10.1 Å². The number of benzene rings is 1. The molecule has 3 unspecified atom stereocenters. The van der Waals surface area contributed by atoms with Crippen LogP contribution in [0.15, 0.2) is 24.3 Å². The minimum atomic E-state index is -0.989. The van der Waals surface area contributed by atoms with Gasteiger partial charge in [-0.15, -0.1) is 0 Å². The number of aromatic hydroxyl groups is 1. The van der Waals surface area contributed by atoms with E-state index in [1.54, 1.807) is 6.07 Å². The van der Waals surface area contributed by atoms with Crippen LogP contribution in [0.25, 0.3) is 0 Å². The molecule has 1 aromatic carbocycles. The fraction of sp³-hybridized carbons (Fsp3) is 0.643. The van der Waals surface area contributed by atoms with Crippen LogP contribution in [0.2, 0.25) is 0 Å². The Hall–Kier alpha value is -2.58. The van der Waals surface area contributed by atoms with Gasteiger partial charge in [0, 0.05) is 30.3 Å². The largest absolute Gasteiger partial charge is 0.504 e. The third-order valence-corrected chi connectivity index (χ3v) is 9.20. The Morgan fingerprint density at radius 1 is 1.25 bits per heavy atom. The number of likely N-dealkylation sites (tertiary alicyclic amines) is 1. The molecule has 2 saturated carbocycles. The van der Waals surface area contributed by atoms with Crippen LogP contribution >= 0.6 is 0 Å². The van der Waals surface area contributed by atoms with Crippen LogP contribution in [0.1, 0.15) is 63.0 Å². The van der Waals surface area contributed by atoms with Crippen molar-refractivity contribution in [2.75, 3.05) is 19.7 Å². The lowest BCUT2D eigenvalue weighted by atomic mass is 9.48. The first kappa shape index (κ1) is 23.8. The van der Waals surface area contributed by atoms with Crippen molar-refractivity contribution >= 4 is 11.9 Å². The summed E-state index contributed by atoms with van der Waals surface area (Å²) < 4.78 is 11.5. The molecule has 6 rings (SSSR count). The van der Waals surface area contributed by atoms with E-state index in [4.69, 9.17) is 9.47 Å². The molecule has 8 heteroatoms. The van der Waals surface area contributed by atoms with E-state index in [0.29, 0.717) is 31.6 Å². The molecule has 8 nitrogen and oxygen atoms in total. The van der Waals surface area contributed by atoms with Crippen molar-refractivity contribution in [3.05, 3.63) is 35.4 Å². The molecule has 0 radical (unpaired) electrons. The second kappa shape index (κ2) is 8.77. The van der Waals surface area contributed by atoms with Gasteiger partial charge in [0.25, 0.3) is 0 Å². The molecule has 3 aliphatic carbocycles. The van der Waals surface area contributed by atoms with E-state index in [0.717, 1.165) is 55.5 Å². The van der Waals surface area contributed by atoms with Crippen LogP contribution in [0.5, 0.6) is 11.5 Å². The highest BCUT2D eigenvalue weighted by Gasteiger charge is 2.73. The van der Waals surface area contributed by atoms with Crippen molar-refractivity contribution in [1.82, 2.24) is 10.2 Å². The van der Waals surface area contributed by atoms with Crippen molar-refractivity contribution < 1.29 is 29.3 Å². The number of unbranched alkanes of at least 4 members (excludes halogenated alkanes) is 1. The fourth-order valence-corrected chi connectivity index (χ4v) is 7.37. The Bertz CT molecular complexity index is 1100. The minimum absolute atomic E-state index is 0.00428. The van der Waals surface area contributed by atoms with Crippen LogP contribution in [-0.2, 0) is 26.2 Å². The lowest BCUT2D eigenvalue weighted by molar-refractivity contribution is -0.192.